The number of carbonyl (C=O) groups is 4. The van der Waals surface area contributed by atoms with Crippen molar-refractivity contribution < 1.29 is 33.4 Å². The van der Waals surface area contributed by atoms with Gasteiger partial charge in [-0.2, -0.15) is 0 Å². The Labute approximate surface area is 309 Å². The fourth-order valence-corrected chi connectivity index (χ4v) is 6.29. The molecule has 2 heterocycles. The first-order valence-corrected chi connectivity index (χ1v) is 17.7. The summed E-state index contributed by atoms with van der Waals surface area (Å²) in [5.41, 5.74) is 9.64. The highest BCUT2D eigenvalue weighted by Crippen LogP contribution is 2.45. The van der Waals surface area contributed by atoms with E-state index in [1.54, 1.807) is 38.1 Å². The van der Waals surface area contributed by atoms with Crippen LogP contribution in [0.4, 0.5) is 0 Å². The predicted molar refractivity (Wildman–Crippen MR) is 196 cm³/mol. The summed E-state index contributed by atoms with van der Waals surface area (Å²) in [5, 5.41) is 12.5. The van der Waals surface area contributed by atoms with Gasteiger partial charge in [-0.05, 0) is 66.1 Å². The zero-order valence-electron chi connectivity index (χ0n) is 30.8. The van der Waals surface area contributed by atoms with Crippen molar-refractivity contribution in [2.75, 3.05) is 13.7 Å². The highest BCUT2D eigenvalue weighted by Gasteiger charge is 2.48. The Kier molecular flexibility index (Phi) is 13.4. The molecule has 0 spiro atoms. The Bertz CT molecular complexity index is 1700. The molecule has 0 aromatic heterocycles. The highest BCUT2D eigenvalue weighted by atomic mass is 35.5. The third-order valence-electron chi connectivity index (χ3n) is 9.17. The van der Waals surface area contributed by atoms with E-state index in [2.05, 4.69) is 26.0 Å². The van der Waals surface area contributed by atoms with Gasteiger partial charge in [-0.15, -0.1) is 0 Å². The van der Waals surface area contributed by atoms with E-state index in [0.29, 0.717) is 22.8 Å². The van der Waals surface area contributed by atoms with Crippen molar-refractivity contribution in [3.8, 4) is 5.75 Å². The number of hydrogen-bond acceptors (Lipinski definition) is 8. The summed E-state index contributed by atoms with van der Waals surface area (Å²) in [6, 6.07) is 10.7. The first kappa shape index (κ1) is 40.2. The Morgan fingerprint density at radius 1 is 1.06 bits per heavy atom. The van der Waals surface area contributed by atoms with Crippen LogP contribution in [0.25, 0.3) is 10.4 Å². The van der Waals surface area contributed by atoms with Crippen LogP contribution in [0, 0.1) is 16.7 Å². The van der Waals surface area contributed by atoms with E-state index in [1.165, 1.54) is 13.2 Å². The largest absolute Gasteiger partial charge is 0.495 e. The maximum Gasteiger partial charge on any atom is 0.328 e. The van der Waals surface area contributed by atoms with Crippen LogP contribution >= 0.6 is 11.6 Å². The van der Waals surface area contributed by atoms with Crippen LogP contribution in [0.15, 0.2) is 59.7 Å². The maximum absolute atomic E-state index is 13.9. The van der Waals surface area contributed by atoms with E-state index in [1.807, 2.05) is 52.0 Å². The van der Waals surface area contributed by atoms with Crippen LogP contribution in [-0.4, -0.2) is 61.6 Å². The molecule has 2 aliphatic heterocycles. The molecule has 4 rings (SSSR count). The fraction of sp³-hybridized carbons (Fsp3) is 0.526. The van der Waals surface area contributed by atoms with E-state index in [-0.39, 0.29) is 49.5 Å². The number of nitrogens with one attached hydrogen (secondary N) is 3. The molecule has 0 aliphatic carbocycles. The molecule has 14 heteroatoms. The van der Waals surface area contributed by atoms with Crippen LogP contribution < -0.4 is 20.7 Å². The quantitative estimate of drug-likeness (QED) is 0.0941. The number of halogens is 1. The van der Waals surface area contributed by atoms with Gasteiger partial charge in [0.25, 0.3) is 0 Å². The number of ether oxygens (including phenoxy) is 3. The molecule has 3 N–H and O–H groups in total. The first-order valence-electron chi connectivity index (χ1n) is 17.3. The summed E-state index contributed by atoms with van der Waals surface area (Å²) in [7, 11) is 1.50. The molecule has 0 unspecified atom stereocenters. The summed E-state index contributed by atoms with van der Waals surface area (Å²) in [5.74, 6) is -1.86. The van der Waals surface area contributed by atoms with Gasteiger partial charge < -0.3 is 30.2 Å². The lowest BCUT2D eigenvalue weighted by molar-refractivity contribution is -0.157. The SMILES string of the molecule is COc1ccc(C[C@H]2NC(=O)/C=C/C[C@@H]([C@H](C)[C@H]3O[C@@H]3c3ccc(CN=[N+]=[N-])cc3)OC(=O)[C@H](CC(C)(C)C)NC(=O)C(C)(C)CNC2=O)cc1Cl. The number of nitrogens with zero attached hydrogens (tertiary/aromatic N) is 3. The van der Waals surface area contributed by atoms with Gasteiger partial charge in [0.05, 0.1) is 30.2 Å². The summed E-state index contributed by atoms with van der Waals surface area (Å²) in [4.78, 5) is 57.2. The van der Waals surface area contributed by atoms with E-state index in [9.17, 15) is 19.2 Å². The number of benzene rings is 2. The average Bonchev–Trinajstić information content (AvgIpc) is 3.89. The number of hydrogen-bond donors (Lipinski definition) is 3. The molecule has 2 aromatic carbocycles. The molecule has 2 aliphatic rings. The summed E-state index contributed by atoms with van der Waals surface area (Å²) in [6.07, 6.45) is 2.29. The Hall–Kier alpha value is -4.58. The van der Waals surface area contributed by atoms with Gasteiger partial charge in [0.2, 0.25) is 17.7 Å². The van der Waals surface area contributed by atoms with Crippen molar-refractivity contribution in [2.45, 2.75) is 97.7 Å². The molecular formula is C38H49ClN6O7. The van der Waals surface area contributed by atoms with Crippen molar-refractivity contribution in [2.24, 2.45) is 21.9 Å². The van der Waals surface area contributed by atoms with Crippen LogP contribution in [0.3, 0.4) is 0 Å². The molecule has 0 bridgehead atoms. The van der Waals surface area contributed by atoms with Gasteiger partial charge in [-0.1, -0.05) is 80.8 Å². The van der Waals surface area contributed by atoms with Crippen LogP contribution in [-0.2, 0) is 41.6 Å². The molecule has 3 amide bonds. The third-order valence-corrected chi connectivity index (χ3v) is 9.47. The summed E-state index contributed by atoms with van der Waals surface area (Å²) < 4.78 is 17.5. The molecule has 6 atom stereocenters. The van der Waals surface area contributed by atoms with Gasteiger partial charge in [-0.25, -0.2) is 4.79 Å². The Morgan fingerprint density at radius 3 is 2.38 bits per heavy atom. The lowest BCUT2D eigenvalue weighted by atomic mass is 9.86. The number of rotatable bonds is 9. The van der Waals surface area contributed by atoms with E-state index in [4.69, 9.17) is 31.3 Å². The van der Waals surface area contributed by atoms with Crippen molar-refractivity contribution >= 4 is 35.3 Å². The highest BCUT2D eigenvalue weighted by molar-refractivity contribution is 6.32. The third kappa shape index (κ3) is 11.2. The number of epoxide rings is 1. The molecule has 1 fully saturated rings. The van der Waals surface area contributed by atoms with Gasteiger partial charge in [0.1, 0.15) is 30.0 Å². The van der Waals surface area contributed by atoms with Gasteiger partial charge in [0.15, 0.2) is 0 Å². The van der Waals surface area contributed by atoms with Crippen LogP contribution in [0.2, 0.25) is 5.02 Å². The second kappa shape index (κ2) is 17.3. The minimum atomic E-state index is -1.13. The zero-order chi connectivity index (χ0) is 38.2. The van der Waals surface area contributed by atoms with Crippen molar-refractivity contribution in [3.63, 3.8) is 0 Å². The minimum Gasteiger partial charge on any atom is -0.495 e. The second-order valence-corrected chi connectivity index (χ2v) is 15.7. The van der Waals surface area contributed by atoms with E-state index in [0.717, 1.165) is 11.1 Å². The number of esters is 1. The van der Waals surface area contributed by atoms with E-state index >= 15 is 0 Å². The molecule has 0 radical (unpaired) electrons. The van der Waals surface area contributed by atoms with Gasteiger partial charge >= 0.3 is 5.97 Å². The number of amides is 3. The molecular weight excluding hydrogens is 688 g/mol. The van der Waals surface area contributed by atoms with Gasteiger partial charge in [-0.3, -0.25) is 14.4 Å². The standard InChI is InChI=1S/C38H49ClN6O7/c1-22(32-33(52-32)25-14-11-23(12-15-25)20-42-45-40)29-9-8-10-31(46)43-27(18-24-13-16-30(50-7)26(39)17-24)34(47)41-21-38(5,6)36(49)44-28(35(48)51-29)19-37(2,3)4/h8,10-17,22,27-29,32-33H,9,18-21H2,1-7H3,(H,41,47)(H,43,46)(H,44,49)/b10-8+/t22-,27+,28-,29-,32+,33+/m0/s1. The minimum absolute atomic E-state index is 0.0624. The number of methoxy groups -OCH3 is 1. The van der Waals surface area contributed by atoms with Gasteiger partial charge in [0, 0.05) is 30.2 Å². The first-order chi connectivity index (χ1) is 24.5. The van der Waals surface area contributed by atoms with Crippen LogP contribution in [0.5, 0.6) is 5.75 Å². The molecule has 0 saturated carbocycles. The molecule has 280 valence electrons. The predicted octanol–water partition coefficient (Wildman–Crippen LogP) is 5.90. The smallest absolute Gasteiger partial charge is 0.328 e. The van der Waals surface area contributed by atoms with Crippen molar-refractivity contribution in [1.82, 2.24) is 16.0 Å². The van der Waals surface area contributed by atoms with E-state index < -0.39 is 47.3 Å². The van der Waals surface area contributed by atoms with Crippen molar-refractivity contribution in [3.05, 3.63) is 86.8 Å². The maximum atomic E-state index is 13.9. The summed E-state index contributed by atoms with van der Waals surface area (Å²) >= 11 is 6.34. The molecule has 13 nitrogen and oxygen atoms in total. The molecule has 52 heavy (non-hydrogen) atoms. The lowest BCUT2D eigenvalue weighted by Gasteiger charge is -2.32. The number of cyclic esters (lactones) is 1. The fourth-order valence-electron chi connectivity index (χ4n) is 6.01. The number of carbonyl (C=O) groups excluding carboxylic acids is 4. The number of azide groups is 1. The zero-order valence-corrected chi connectivity index (χ0v) is 31.5. The average molecular weight is 737 g/mol. The van der Waals surface area contributed by atoms with Crippen molar-refractivity contribution in [1.29, 1.82) is 0 Å². The lowest BCUT2D eigenvalue weighted by Crippen LogP contribution is -2.54. The monoisotopic (exact) mass is 736 g/mol. The Morgan fingerprint density at radius 2 is 1.75 bits per heavy atom. The Balaban J connectivity index is 1.61. The molecule has 2 aromatic rings. The normalized spacial score (nSPS) is 25.3. The molecule has 1 saturated heterocycles. The second-order valence-electron chi connectivity index (χ2n) is 15.3. The van der Waals surface area contributed by atoms with Crippen LogP contribution in [0.1, 0.15) is 77.2 Å². The summed E-state index contributed by atoms with van der Waals surface area (Å²) in [6.45, 7) is 11.3. The topological polar surface area (TPSA) is 184 Å².